The molecule has 0 N–H and O–H groups in total. The molecular weight excluding hydrogens is 383 g/mol. The van der Waals surface area contributed by atoms with Crippen LogP contribution < -0.4 is 8.32 Å². The SMILES string of the molecule is COCOc1c[c]([Sn]([CH3])([CH3])[CH3])c2c(C#C[SiH3])cccc2c1. The molecule has 0 saturated carbocycles. The number of rotatable bonds is 4. The van der Waals surface area contributed by atoms with E-state index in [1.165, 1.54) is 14.4 Å². The molecule has 0 aliphatic rings. The van der Waals surface area contributed by atoms with Gasteiger partial charge in [0.2, 0.25) is 0 Å². The Bertz CT molecular complexity index is 708. The minimum atomic E-state index is -2.29. The molecule has 2 aromatic carbocycles. The van der Waals surface area contributed by atoms with E-state index in [9.17, 15) is 0 Å². The van der Waals surface area contributed by atoms with Crippen molar-refractivity contribution >= 4 is 43.0 Å². The Kier molecular flexibility index (Phi) is 5.36. The minimum absolute atomic E-state index is 0.282. The predicted octanol–water partition coefficient (Wildman–Crippen LogP) is 2.04. The van der Waals surface area contributed by atoms with Gasteiger partial charge in [0.25, 0.3) is 0 Å². The Hall–Kier alpha value is -0.964. The van der Waals surface area contributed by atoms with Crippen LogP contribution in [-0.4, -0.2) is 42.5 Å². The van der Waals surface area contributed by atoms with Crippen molar-refractivity contribution in [3.8, 4) is 17.2 Å². The molecule has 0 atom stereocenters. The molecule has 0 aromatic heterocycles. The standard InChI is InChI=1S/C14H13O2Si.3CH3.Sn/c1-15-10-16-13-5-6-14-11(7-8-17)3-2-4-12(14)9-13;;;;/h2-5,9H,10H2,1,17H3;3*1H3;. The average molecular weight is 405 g/mol. The molecule has 4 heteroatoms. The van der Waals surface area contributed by atoms with E-state index in [4.69, 9.17) is 9.47 Å². The van der Waals surface area contributed by atoms with Crippen LogP contribution in [0.4, 0.5) is 0 Å². The Balaban J connectivity index is 2.74. The summed E-state index contributed by atoms with van der Waals surface area (Å²) in [7, 11) is 2.54. The van der Waals surface area contributed by atoms with E-state index < -0.39 is 18.4 Å². The molecule has 0 radical (unpaired) electrons. The van der Waals surface area contributed by atoms with Gasteiger partial charge in [-0.1, -0.05) is 0 Å². The van der Waals surface area contributed by atoms with Crippen molar-refractivity contribution in [2.75, 3.05) is 13.9 Å². The van der Waals surface area contributed by atoms with E-state index in [-0.39, 0.29) is 6.79 Å². The van der Waals surface area contributed by atoms with Crippen molar-refractivity contribution in [1.82, 2.24) is 0 Å². The van der Waals surface area contributed by atoms with Crippen LogP contribution in [0, 0.1) is 11.5 Å². The molecule has 21 heavy (non-hydrogen) atoms. The van der Waals surface area contributed by atoms with E-state index in [1.54, 1.807) is 7.11 Å². The van der Waals surface area contributed by atoms with Crippen molar-refractivity contribution in [3.05, 3.63) is 35.9 Å². The van der Waals surface area contributed by atoms with Gasteiger partial charge >= 0.3 is 134 Å². The molecule has 2 rings (SSSR count). The Labute approximate surface area is 134 Å². The third-order valence-electron chi connectivity index (χ3n) is 3.36. The summed E-state index contributed by atoms with van der Waals surface area (Å²) in [5, 5.41) is 2.54. The first-order valence-electron chi connectivity index (χ1n) is 7.09. The Morgan fingerprint density at radius 1 is 1.19 bits per heavy atom. The maximum absolute atomic E-state index is 5.68. The van der Waals surface area contributed by atoms with Crippen LogP contribution in [0.2, 0.25) is 14.8 Å². The second-order valence-electron chi connectivity index (χ2n) is 6.05. The van der Waals surface area contributed by atoms with Gasteiger partial charge in [0.15, 0.2) is 0 Å². The normalized spacial score (nSPS) is 11.2. The first-order valence-corrected chi connectivity index (χ1v) is 18.1. The molecule has 0 bridgehead atoms. The van der Waals surface area contributed by atoms with Crippen molar-refractivity contribution in [2.45, 2.75) is 14.8 Å². The molecule has 0 unspecified atom stereocenters. The molecule has 0 fully saturated rings. The Morgan fingerprint density at radius 2 is 1.95 bits per heavy atom. The van der Waals surface area contributed by atoms with Crippen LogP contribution in [0.3, 0.4) is 0 Å². The zero-order valence-electron chi connectivity index (χ0n) is 13.4. The second-order valence-corrected chi connectivity index (χ2v) is 20.9. The topological polar surface area (TPSA) is 18.5 Å². The first kappa shape index (κ1) is 16.4. The van der Waals surface area contributed by atoms with Crippen LogP contribution in [-0.2, 0) is 4.74 Å². The van der Waals surface area contributed by atoms with Gasteiger partial charge in [0, 0.05) is 0 Å². The van der Waals surface area contributed by atoms with Crippen molar-refractivity contribution in [2.24, 2.45) is 0 Å². The molecule has 110 valence electrons. The number of ether oxygens (including phenoxy) is 2. The number of hydrogen-bond donors (Lipinski definition) is 0. The molecule has 2 nitrogen and oxygen atoms in total. The zero-order valence-corrected chi connectivity index (χ0v) is 18.3. The van der Waals surface area contributed by atoms with E-state index in [2.05, 4.69) is 56.6 Å². The van der Waals surface area contributed by atoms with Crippen LogP contribution in [0.1, 0.15) is 5.56 Å². The molecule has 0 aliphatic carbocycles. The summed E-state index contributed by atoms with van der Waals surface area (Å²) in [5.41, 5.74) is 4.32. The van der Waals surface area contributed by atoms with Gasteiger partial charge in [-0.15, -0.1) is 0 Å². The fraction of sp³-hybridized carbons (Fsp3) is 0.294. The first-order chi connectivity index (χ1) is 9.97. The maximum atomic E-state index is 5.68. The van der Waals surface area contributed by atoms with Gasteiger partial charge < -0.3 is 0 Å². The number of methoxy groups -OCH3 is 1. The second kappa shape index (κ2) is 6.86. The summed E-state index contributed by atoms with van der Waals surface area (Å²) < 4.78 is 12.2. The van der Waals surface area contributed by atoms with Crippen LogP contribution in [0.25, 0.3) is 10.8 Å². The van der Waals surface area contributed by atoms with Crippen LogP contribution in [0.15, 0.2) is 30.3 Å². The van der Waals surface area contributed by atoms with E-state index in [0.717, 1.165) is 21.6 Å². The summed E-state index contributed by atoms with van der Waals surface area (Å²) in [5.74, 6) is 4.20. The number of hydrogen-bond acceptors (Lipinski definition) is 2. The van der Waals surface area contributed by atoms with Crippen LogP contribution >= 0.6 is 0 Å². The van der Waals surface area contributed by atoms with Gasteiger partial charge in [-0.25, -0.2) is 0 Å². The molecule has 0 aliphatic heterocycles. The molecular formula is C17H22O2SiSn. The summed E-state index contributed by atoms with van der Waals surface area (Å²) in [6, 6.07) is 10.6. The van der Waals surface area contributed by atoms with Gasteiger partial charge in [-0.05, 0) is 0 Å². The zero-order chi connectivity index (χ0) is 15.5. The summed E-state index contributed by atoms with van der Waals surface area (Å²) >= 11 is -2.29. The molecule has 0 saturated heterocycles. The third-order valence-corrected chi connectivity index (χ3v) is 9.35. The fourth-order valence-corrected chi connectivity index (χ4v) is 7.29. The summed E-state index contributed by atoms with van der Waals surface area (Å²) in [6.45, 7) is 0.282. The number of benzene rings is 2. The predicted molar refractivity (Wildman–Crippen MR) is 96.2 cm³/mol. The third kappa shape index (κ3) is 3.82. The fourth-order valence-electron chi connectivity index (χ4n) is 2.44. The molecule has 2 aromatic rings. The van der Waals surface area contributed by atoms with E-state index >= 15 is 0 Å². The summed E-state index contributed by atoms with van der Waals surface area (Å²) in [6.07, 6.45) is 0. The van der Waals surface area contributed by atoms with Gasteiger partial charge in [-0.3, -0.25) is 0 Å². The van der Waals surface area contributed by atoms with Crippen molar-refractivity contribution in [3.63, 3.8) is 0 Å². The van der Waals surface area contributed by atoms with Crippen molar-refractivity contribution < 1.29 is 9.47 Å². The average Bonchev–Trinajstić information content (AvgIpc) is 2.43. The van der Waals surface area contributed by atoms with Gasteiger partial charge in [0.1, 0.15) is 0 Å². The van der Waals surface area contributed by atoms with Gasteiger partial charge in [-0.2, -0.15) is 0 Å². The van der Waals surface area contributed by atoms with E-state index in [1.807, 2.05) is 0 Å². The van der Waals surface area contributed by atoms with Crippen molar-refractivity contribution in [1.29, 1.82) is 0 Å². The quantitative estimate of drug-likeness (QED) is 0.441. The molecule has 0 amide bonds. The van der Waals surface area contributed by atoms with Gasteiger partial charge in [0.05, 0.1) is 0 Å². The monoisotopic (exact) mass is 406 g/mol. The number of fused-ring (bicyclic) bond motifs is 1. The Morgan fingerprint density at radius 3 is 2.57 bits per heavy atom. The van der Waals surface area contributed by atoms with Crippen LogP contribution in [0.5, 0.6) is 5.75 Å². The molecule has 0 spiro atoms. The molecule has 0 heterocycles. The van der Waals surface area contributed by atoms with E-state index in [0.29, 0.717) is 0 Å². The summed E-state index contributed by atoms with van der Waals surface area (Å²) in [4.78, 5) is 7.28.